The number of aryl methyl sites for hydroxylation is 1. The van der Waals surface area contributed by atoms with E-state index in [1.807, 2.05) is 54.2 Å². The minimum Gasteiger partial charge on any atom is -0.497 e. The van der Waals surface area contributed by atoms with E-state index in [1.165, 1.54) is 11.8 Å². The quantitative estimate of drug-likeness (QED) is 0.242. The van der Waals surface area contributed by atoms with Crippen molar-refractivity contribution >= 4 is 29.3 Å². The lowest BCUT2D eigenvalue weighted by Gasteiger charge is -2.32. The van der Waals surface area contributed by atoms with Gasteiger partial charge in [-0.25, -0.2) is 4.98 Å². The van der Waals surface area contributed by atoms with Crippen LogP contribution in [0.5, 0.6) is 5.75 Å². The van der Waals surface area contributed by atoms with Crippen LogP contribution in [0.1, 0.15) is 60.0 Å². The van der Waals surface area contributed by atoms with Crippen LogP contribution in [0.25, 0.3) is 16.8 Å². The summed E-state index contributed by atoms with van der Waals surface area (Å²) in [4.78, 5) is 24.9. The topological polar surface area (TPSA) is 105 Å². The zero-order valence-electron chi connectivity index (χ0n) is 24.4. The van der Waals surface area contributed by atoms with Crippen molar-refractivity contribution in [2.75, 3.05) is 24.8 Å². The van der Waals surface area contributed by atoms with Crippen LogP contribution in [0, 0.1) is 12.8 Å². The van der Waals surface area contributed by atoms with E-state index in [1.54, 1.807) is 7.11 Å². The Labute approximate surface area is 250 Å². The molecule has 9 nitrogen and oxygen atoms in total. The second kappa shape index (κ2) is 12.3. The van der Waals surface area contributed by atoms with Crippen LogP contribution in [0.4, 0.5) is 5.95 Å². The Balaban J connectivity index is 1.37. The van der Waals surface area contributed by atoms with E-state index >= 15 is 0 Å². The fraction of sp³-hybridized carbons (Fsp3) is 0.438. The third-order valence-corrected chi connectivity index (χ3v) is 8.87. The lowest BCUT2D eigenvalue weighted by atomic mass is 9.87. The number of carbonyl (C=O) groups is 1. The number of amides is 1. The van der Waals surface area contributed by atoms with Gasteiger partial charge in [-0.1, -0.05) is 36.0 Å². The molecular weight excluding hydrogens is 548 g/mol. The molecule has 42 heavy (non-hydrogen) atoms. The molecule has 220 valence electrons. The molecule has 2 aliphatic rings. The molecule has 6 rings (SSSR count). The highest BCUT2D eigenvalue weighted by Crippen LogP contribution is 2.32. The average Bonchev–Trinajstić information content (AvgIpc) is 3.72. The molecule has 2 aromatic heterocycles. The predicted molar refractivity (Wildman–Crippen MR) is 165 cm³/mol. The number of aliphatic hydroxyl groups is 1. The van der Waals surface area contributed by atoms with Crippen LogP contribution in [-0.2, 0) is 6.54 Å². The van der Waals surface area contributed by atoms with Crippen molar-refractivity contribution in [1.82, 2.24) is 24.9 Å². The number of nitrogens with zero attached hydrogens (tertiary/aromatic N) is 5. The van der Waals surface area contributed by atoms with Crippen molar-refractivity contribution in [3.8, 4) is 16.9 Å². The minimum atomic E-state index is -0.201. The summed E-state index contributed by atoms with van der Waals surface area (Å²) in [6.07, 6.45) is 9.37. The highest BCUT2D eigenvalue weighted by molar-refractivity contribution is 7.98. The molecule has 0 radical (unpaired) electrons. The van der Waals surface area contributed by atoms with Crippen molar-refractivity contribution < 1.29 is 14.6 Å². The van der Waals surface area contributed by atoms with E-state index in [0.717, 1.165) is 84.7 Å². The number of fused-ring (bicyclic) bond motifs is 1. The number of aliphatic hydroxyl groups excluding tert-OH is 1. The number of hydrogen-bond donors (Lipinski definition) is 2. The van der Waals surface area contributed by atoms with Gasteiger partial charge in [0.1, 0.15) is 5.75 Å². The van der Waals surface area contributed by atoms with Gasteiger partial charge in [-0.2, -0.15) is 14.6 Å². The third kappa shape index (κ3) is 6.24. The SMILES string of the molecule is COc1ccc(CN(CC2CCC(O)CC2)c2nc(SC)nc3c(-c4ccc(C(=O)NC5CC5)c(C)c4)cnn23)cc1. The maximum absolute atomic E-state index is 12.7. The first kappa shape index (κ1) is 28.5. The normalized spacial score (nSPS) is 18.7. The highest BCUT2D eigenvalue weighted by atomic mass is 32.2. The second-order valence-corrected chi connectivity index (χ2v) is 12.3. The van der Waals surface area contributed by atoms with Gasteiger partial charge >= 0.3 is 0 Å². The van der Waals surface area contributed by atoms with E-state index in [4.69, 9.17) is 19.8 Å². The monoisotopic (exact) mass is 586 g/mol. The van der Waals surface area contributed by atoms with E-state index in [9.17, 15) is 9.90 Å². The van der Waals surface area contributed by atoms with Crippen molar-refractivity contribution in [2.45, 2.75) is 69.3 Å². The Hall–Kier alpha value is -3.63. The van der Waals surface area contributed by atoms with Gasteiger partial charge in [0.2, 0.25) is 5.95 Å². The van der Waals surface area contributed by atoms with Crippen molar-refractivity contribution in [3.63, 3.8) is 0 Å². The van der Waals surface area contributed by atoms with E-state index in [-0.39, 0.29) is 12.0 Å². The molecule has 0 atom stereocenters. The van der Waals surface area contributed by atoms with Gasteiger partial charge in [0, 0.05) is 30.3 Å². The molecule has 2 saturated carbocycles. The largest absolute Gasteiger partial charge is 0.497 e. The fourth-order valence-corrected chi connectivity index (χ4v) is 6.08. The van der Waals surface area contributed by atoms with Crippen LogP contribution in [0.2, 0.25) is 0 Å². The standard InChI is InChI=1S/C32H38N6O3S/c1-20-16-23(8-15-27(20)30(40)34-24-9-10-24)28-17-33-38-29(28)35-31(42-3)36-32(38)37(18-21-4-11-25(39)12-5-21)19-22-6-13-26(41-2)14-7-22/h6-8,13-17,21,24-25,39H,4-5,9-12,18-19H2,1-3H3,(H,34,40). The Morgan fingerprint density at radius 2 is 1.86 bits per heavy atom. The number of aromatic nitrogens is 4. The molecule has 10 heteroatoms. The number of methoxy groups -OCH3 is 1. The van der Waals surface area contributed by atoms with Crippen LogP contribution >= 0.6 is 11.8 Å². The van der Waals surface area contributed by atoms with Gasteiger partial charge in [0.05, 0.1) is 19.4 Å². The summed E-state index contributed by atoms with van der Waals surface area (Å²) in [5.41, 5.74) is 5.36. The van der Waals surface area contributed by atoms with Gasteiger partial charge in [-0.05, 0) is 92.5 Å². The molecule has 4 aromatic rings. The summed E-state index contributed by atoms with van der Waals surface area (Å²) in [5.74, 6) is 2.00. The molecule has 0 spiro atoms. The van der Waals surface area contributed by atoms with Gasteiger partial charge < -0.3 is 20.1 Å². The van der Waals surface area contributed by atoms with Crippen LogP contribution in [0.15, 0.2) is 53.8 Å². The van der Waals surface area contributed by atoms with Gasteiger partial charge in [0.15, 0.2) is 10.8 Å². The number of thioether (sulfide) groups is 1. The summed E-state index contributed by atoms with van der Waals surface area (Å²) >= 11 is 1.51. The van der Waals surface area contributed by atoms with E-state index < -0.39 is 0 Å². The Bertz CT molecular complexity index is 1560. The highest BCUT2D eigenvalue weighted by Gasteiger charge is 2.27. The first-order valence-corrected chi connectivity index (χ1v) is 15.9. The van der Waals surface area contributed by atoms with Crippen molar-refractivity contribution in [1.29, 1.82) is 0 Å². The molecule has 2 aliphatic carbocycles. The summed E-state index contributed by atoms with van der Waals surface area (Å²) < 4.78 is 7.22. The van der Waals surface area contributed by atoms with Crippen LogP contribution in [-0.4, -0.2) is 62.7 Å². The molecular formula is C32H38N6O3S. The summed E-state index contributed by atoms with van der Waals surface area (Å²) in [6, 6.07) is 14.4. The number of benzene rings is 2. The van der Waals surface area contributed by atoms with Gasteiger partial charge in [-0.15, -0.1) is 0 Å². The van der Waals surface area contributed by atoms with E-state index in [2.05, 4.69) is 22.3 Å². The minimum absolute atomic E-state index is 0.0138. The molecule has 2 heterocycles. The third-order valence-electron chi connectivity index (χ3n) is 8.32. The summed E-state index contributed by atoms with van der Waals surface area (Å²) in [6.45, 7) is 3.43. The smallest absolute Gasteiger partial charge is 0.251 e. The van der Waals surface area contributed by atoms with Crippen molar-refractivity contribution in [3.05, 3.63) is 65.4 Å². The Morgan fingerprint density at radius 3 is 2.52 bits per heavy atom. The zero-order chi connectivity index (χ0) is 29.2. The first-order valence-electron chi connectivity index (χ1n) is 14.7. The molecule has 1 amide bonds. The van der Waals surface area contributed by atoms with Crippen LogP contribution < -0.4 is 15.0 Å². The maximum Gasteiger partial charge on any atom is 0.251 e. The van der Waals surface area contributed by atoms with Crippen molar-refractivity contribution in [2.24, 2.45) is 5.92 Å². The number of nitrogens with one attached hydrogen (secondary N) is 1. The number of rotatable bonds is 10. The molecule has 0 aliphatic heterocycles. The number of ether oxygens (including phenoxy) is 1. The first-order chi connectivity index (χ1) is 20.4. The Kier molecular flexibility index (Phi) is 8.35. The average molecular weight is 587 g/mol. The zero-order valence-corrected chi connectivity index (χ0v) is 25.2. The second-order valence-electron chi connectivity index (χ2n) is 11.5. The maximum atomic E-state index is 12.7. The van der Waals surface area contributed by atoms with Crippen LogP contribution in [0.3, 0.4) is 0 Å². The number of hydrogen-bond acceptors (Lipinski definition) is 8. The molecule has 2 N–H and O–H groups in total. The molecule has 2 fully saturated rings. The molecule has 0 saturated heterocycles. The lowest BCUT2D eigenvalue weighted by Crippen LogP contribution is -2.34. The predicted octanol–water partition coefficient (Wildman–Crippen LogP) is 5.28. The molecule has 0 bridgehead atoms. The van der Waals surface area contributed by atoms with Gasteiger partial charge in [0.25, 0.3) is 5.91 Å². The fourth-order valence-electron chi connectivity index (χ4n) is 5.73. The summed E-state index contributed by atoms with van der Waals surface area (Å²) in [5, 5.41) is 18.7. The number of carbonyl (C=O) groups excluding carboxylic acids is 1. The summed E-state index contributed by atoms with van der Waals surface area (Å²) in [7, 11) is 1.67. The molecule has 2 aromatic carbocycles. The van der Waals surface area contributed by atoms with Gasteiger partial charge in [-0.3, -0.25) is 4.79 Å². The van der Waals surface area contributed by atoms with E-state index in [0.29, 0.717) is 29.2 Å². The Morgan fingerprint density at radius 1 is 1.10 bits per heavy atom. The molecule has 0 unspecified atom stereocenters. The lowest BCUT2D eigenvalue weighted by molar-refractivity contribution is 0.0950. The number of anilines is 1.